The van der Waals surface area contributed by atoms with Crippen LogP contribution in [0.15, 0.2) is 12.1 Å². The third-order valence-corrected chi connectivity index (χ3v) is 7.92. The standard InChI is InChI=1S/C26H41N7O/c1-30-25-22(9-10-23(28-25)33-15-5-3-2-4-6-16-33)24(29-30)26(34)27-21-11-17-32(18-12-21)20-19-31-13-7-8-14-31/h9-10,21H,2-8,11-20H2,1H3,(H,27,34). The van der Waals surface area contributed by atoms with Crippen molar-refractivity contribution in [2.24, 2.45) is 7.05 Å². The molecular weight excluding hydrogens is 426 g/mol. The average Bonchev–Trinajstić information content (AvgIpc) is 3.46. The molecule has 1 amide bonds. The first-order valence-corrected chi connectivity index (χ1v) is 13.5. The van der Waals surface area contributed by atoms with E-state index in [4.69, 9.17) is 4.98 Å². The maximum Gasteiger partial charge on any atom is 0.272 e. The van der Waals surface area contributed by atoms with Gasteiger partial charge in [0.25, 0.3) is 5.91 Å². The maximum absolute atomic E-state index is 13.1. The van der Waals surface area contributed by atoms with Crippen molar-refractivity contribution in [1.82, 2.24) is 29.9 Å². The van der Waals surface area contributed by atoms with Crippen LogP contribution in [0.3, 0.4) is 0 Å². The summed E-state index contributed by atoms with van der Waals surface area (Å²) in [6, 6.07) is 4.33. The lowest BCUT2D eigenvalue weighted by atomic mass is 10.0. The number of anilines is 1. The van der Waals surface area contributed by atoms with Crippen molar-refractivity contribution in [2.45, 2.75) is 63.8 Å². The van der Waals surface area contributed by atoms with Crippen LogP contribution in [-0.2, 0) is 7.05 Å². The fourth-order valence-electron chi connectivity index (χ4n) is 5.79. The molecule has 0 aromatic carbocycles. The molecule has 0 aliphatic carbocycles. The molecule has 0 atom stereocenters. The first-order chi connectivity index (χ1) is 16.7. The second-order valence-electron chi connectivity index (χ2n) is 10.4. The molecule has 5 heterocycles. The van der Waals surface area contributed by atoms with Gasteiger partial charge in [0.05, 0.1) is 5.39 Å². The minimum atomic E-state index is -0.0677. The normalized spacial score (nSPS) is 21.6. The highest BCUT2D eigenvalue weighted by atomic mass is 16.2. The summed E-state index contributed by atoms with van der Waals surface area (Å²) < 4.78 is 1.76. The second kappa shape index (κ2) is 11.0. The fraction of sp³-hybridized carbons (Fsp3) is 0.731. The summed E-state index contributed by atoms with van der Waals surface area (Å²) >= 11 is 0. The van der Waals surface area contributed by atoms with E-state index in [1.807, 2.05) is 13.1 Å². The number of hydrogen-bond donors (Lipinski definition) is 1. The van der Waals surface area contributed by atoms with Crippen molar-refractivity contribution in [3.63, 3.8) is 0 Å². The zero-order valence-corrected chi connectivity index (χ0v) is 20.8. The number of carbonyl (C=O) groups is 1. The van der Waals surface area contributed by atoms with E-state index in [2.05, 4.69) is 31.2 Å². The van der Waals surface area contributed by atoms with Gasteiger partial charge in [-0.05, 0) is 63.7 Å². The molecule has 3 saturated heterocycles. The van der Waals surface area contributed by atoms with E-state index < -0.39 is 0 Å². The predicted octanol–water partition coefficient (Wildman–Crippen LogP) is 3.03. The molecule has 8 nitrogen and oxygen atoms in total. The number of pyridine rings is 1. The lowest BCUT2D eigenvalue weighted by Gasteiger charge is -2.33. The Balaban J connectivity index is 1.18. The molecule has 3 aliphatic heterocycles. The minimum Gasteiger partial charge on any atom is -0.357 e. The van der Waals surface area contributed by atoms with Crippen molar-refractivity contribution < 1.29 is 4.79 Å². The molecule has 5 rings (SSSR count). The highest BCUT2D eigenvalue weighted by Crippen LogP contribution is 2.23. The number of amides is 1. The van der Waals surface area contributed by atoms with Crippen LogP contribution in [0.1, 0.15) is 68.3 Å². The molecule has 0 radical (unpaired) electrons. The van der Waals surface area contributed by atoms with Gasteiger partial charge in [0.2, 0.25) is 0 Å². The van der Waals surface area contributed by atoms with Crippen molar-refractivity contribution in [3.8, 4) is 0 Å². The highest BCUT2D eigenvalue weighted by molar-refractivity contribution is 6.04. The Kier molecular flexibility index (Phi) is 7.64. The van der Waals surface area contributed by atoms with Gasteiger partial charge in [-0.15, -0.1) is 0 Å². The molecule has 1 N–H and O–H groups in total. The van der Waals surface area contributed by atoms with Gasteiger partial charge >= 0.3 is 0 Å². The molecule has 186 valence electrons. The second-order valence-corrected chi connectivity index (χ2v) is 10.4. The Morgan fingerprint density at radius 3 is 2.21 bits per heavy atom. The Hall–Kier alpha value is -2.19. The lowest BCUT2D eigenvalue weighted by Crippen LogP contribution is -2.46. The first kappa shape index (κ1) is 23.5. The van der Waals surface area contributed by atoms with E-state index in [-0.39, 0.29) is 11.9 Å². The third-order valence-electron chi connectivity index (χ3n) is 7.92. The highest BCUT2D eigenvalue weighted by Gasteiger charge is 2.25. The smallest absolute Gasteiger partial charge is 0.272 e. The Labute approximate surface area is 203 Å². The summed E-state index contributed by atoms with van der Waals surface area (Å²) in [5.41, 5.74) is 1.29. The molecule has 2 aromatic heterocycles. The number of rotatable bonds is 6. The molecule has 0 bridgehead atoms. The molecular formula is C26H41N7O. The van der Waals surface area contributed by atoms with Crippen molar-refractivity contribution in [3.05, 3.63) is 17.8 Å². The third kappa shape index (κ3) is 5.54. The predicted molar refractivity (Wildman–Crippen MR) is 136 cm³/mol. The van der Waals surface area contributed by atoms with E-state index in [1.165, 1.54) is 64.6 Å². The minimum absolute atomic E-state index is 0.0677. The Morgan fingerprint density at radius 2 is 1.50 bits per heavy atom. The largest absolute Gasteiger partial charge is 0.357 e. The SMILES string of the molecule is Cn1nc(C(=O)NC2CCN(CCN3CCCC3)CC2)c2ccc(N3CCCCCCC3)nc21. The summed E-state index contributed by atoms with van der Waals surface area (Å²) in [6.07, 6.45) is 11.1. The molecule has 3 aliphatic rings. The molecule has 3 fully saturated rings. The number of fused-ring (bicyclic) bond motifs is 1. The topological polar surface area (TPSA) is 69.5 Å². The molecule has 2 aromatic rings. The zero-order chi connectivity index (χ0) is 23.3. The van der Waals surface area contributed by atoms with E-state index in [0.717, 1.165) is 62.4 Å². The maximum atomic E-state index is 13.1. The van der Waals surface area contributed by atoms with Crippen LogP contribution in [0, 0.1) is 0 Å². The average molecular weight is 468 g/mol. The van der Waals surface area contributed by atoms with Gasteiger partial charge < -0.3 is 20.0 Å². The van der Waals surface area contributed by atoms with Crippen molar-refractivity contribution in [1.29, 1.82) is 0 Å². The number of likely N-dealkylation sites (tertiary alicyclic amines) is 2. The van der Waals surface area contributed by atoms with Crippen molar-refractivity contribution in [2.75, 3.05) is 57.3 Å². The molecule has 34 heavy (non-hydrogen) atoms. The first-order valence-electron chi connectivity index (χ1n) is 13.5. The number of carbonyl (C=O) groups excluding carboxylic acids is 1. The van der Waals surface area contributed by atoms with Gasteiger partial charge in [-0.3, -0.25) is 4.79 Å². The van der Waals surface area contributed by atoms with Crippen LogP contribution in [0.4, 0.5) is 5.82 Å². The van der Waals surface area contributed by atoms with E-state index in [9.17, 15) is 4.79 Å². The van der Waals surface area contributed by atoms with Crippen molar-refractivity contribution >= 4 is 22.8 Å². The number of aromatic nitrogens is 3. The molecule has 0 saturated carbocycles. The number of nitrogens with one attached hydrogen (secondary N) is 1. The Morgan fingerprint density at radius 1 is 0.882 bits per heavy atom. The van der Waals surface area contributed by atoms with Crippen LogP contribution in [0.2, 0.25) is 0 Å². The van der Waals surface area contributed by atoms with Gasteiger partial charge in [-0.25, -0.2) is 9.67 Å². The zero-order valence-electron chi connectivity index (χ0n) is 20.8. The van der Waals surface area contributed by atoms with Crippen LogP contribution in [-0.4, -0.2) is 88.9 Å². The summed E-state index contributed by atoms with van der Waals surface area (Å²) in [5, 5.41) is 8.68. The Bertz CT molecular complexity index is 951. The monoisotopic (exact) mass is 467 g/mol. The van der Waals surface area contributed by atoms with E-state index in [0.29, 0.717) is 5.69 Å². The van der Waals surface area contributed by atoms with Gasteiger partial charge in [-0.1, -0.05) is 19.3 Å². The van der Waals surface area contributed by atoms with Gasteiger partial charge in [-0.2, -0.15) is 5.10 Å². The molecule has 8 heteroatoms. The quantitative estimate of drug-likeness (QED) is 0.704. The van der Waals surface area contributed by atoms with Gasteiger partial charge in [0.1, 0.15) is 5.82 Å². The number of aryl methyl sites for hydroxylation is 1. The summed E-state index contributed by atoms with van der Waals surface area (Å²) in [4.78, 5) is 25.6. The lowest BCUT2D eigenvalue weighted by molar-refractivity contribution is 0.0904. The van der Waals surface area contributed by atoms with Gasteiger partial charge in [0.15, 0.2) is 11.3 Å². The van der Waals surface area contributed by atoms with Crippen LogP contribution in [0.25, 0.3) is 11.0 Å². The van der Waals surface area contributed by atoms with Crippen LogP contribution in [0.5, 0.6) is 0 Å². The number of nitrogens with zero attached hydrogens (tertiary/aromatic N) is 6. The van der Waals surface area contributed by atoms with Crippen LogP contribution < -0.4 is 10.2 Å². The van der Waals surface area contributed by atoms with Crippen LogP contribution >= 0.6 is 0 Å². The molecule has 0 unspecified atom stereocenters. The summed E-state index contributed by atoms with van der Waals surface area (Å²) in [6.45, 7) is 9.09. The van der Waals surface area contributed by atoms with Gasteiger partial charge in [0, 0.05) is 52.4 Å². The van der Waals surface area contributed by atoms with E-state index >= 15 is 0 Å². The summed E-state index contributed by atoms with van der Waals surface area (Å²) in [5.74, 6) is 0.938. The summed E-state index contributed by atoms with van der Waals surface area (Å²) in [7, 11) is 1.89. The molecule has 0 spiro atoms. The van der Waals surface area contributed by atoms with E-state index in [1.54, 1.807) is 4.68 Å². The number of piperidine rings is 1. The fourth-order valence-corrected chi connectivity index (χ4v) is 5.79. The number of hydrogen-bond acceptors (Lipinski definition) is 6.